The molecule has 0 unspecified atom stereocenters. The van der Waals surface area contributed by atoms with Crippen molar-refractivity contribution in [2.24, 2.45) is 0 Å². The normalized spacial score (nSPS) is 10.3. The molecule has 0 spiro atoms. The predicted octanol–water partition coefficient (Wildman–Crippen LogP) is 3.44. The van der Waals surface area contributed by atoms with E-state index in [1.54, 1.807) is 48.3 Å². The van der Waals surface area contributed by atoms with E-state index in [0.29, 0.717) is 33.9 Å². The Hall–Kier alpha value is -3.92. The number of carboxylic acids is 1. The van der Waals surface area contributed by atoms with Crippen LogP contribution in [0.1, 0.15) is 15.9 Å². The molecule has 0 aliphatic rings. The van der Waals surface area contributed by atoms with Gasteiger partial charge in [-0.05, 0) is 24.3 Å². The summed E-state index contributed by atoms with van der Waals surface area (Å²) < 4.78 is 12.3. The van der Waals surface area contributed by atoms with Gasteiger partial charge in [0, 0.05) is 41.3 Å². The topological polar surface area (TPSA) is 105 Å². The maximum absolute atomic E-state index is 11.0. The van der Waals surface area contributed by atoms with Crippen molar-refractivity contribution in [3.63, 3.8) is 0 Å². The fourth-order valence-electron chi connectivity index (χ4n) is 2.79. The summed E-state index contributed by atoms with van der Waals surface area (Å²) in [5.74, 6) is -0.390. The van der Waals surface area contributed by atoms with Crippen LogP contribution < -0.4 is 9.47 Å². The third kappa shape index (κ3) is 3.28. The SMILES string of the molecule is COc1ccc(-c2cn(-c3ccc(C(=O)O)c(O)c3)cc2C#N)c(OC)c1. The van der Waals surface area contributed by atoms with E-state index in [0.717, 1.165) is 0 Å². The van der Waals surface area contributed by atoms with Gasteiger partial charge in [-0.2, -0.15) is 5.26 Å². The summed E-state index contributed by atoms with van der Waals surface area (Å²) in [5.41, 5.74) is 2.08. The Bertz CT molecular complexity index is 1060. The summed E-state index contributed by atoms with van der Waals surface area (Å²) in [7, 11) is 3.09. The monoisotopic (exact) mass is 364 g/mol. The predicted molar refractivity (Wildman–Crippen MR) is 97.6 cm³/mol. The minimum atomic E-state index is -1.21. The van der Waals surface area contributed by atoms with Crippen LogP contribution in [0.15, 0.2) is 48.8 Å². The standard InChI is InChI=1S/C20H16N2O5/c1-26-14-4-6-15(19(8-14)27-2)17-11-22(10-12(17)9-21)13-3-5-16(20(24)25)18(23)7-13/h3-8,10-11,23H,1-2H3,(H,24,25). The van der Waals surface area contributed by atoms with Crippen molar-refractivity contribution in [2.75, 3.05) is 14.2 Å². The molecule has 0 saturated heterocycles. The van der Waals surface area contributed by atoms with Crippen LogP contribution >= 0.6 is 0 Å². The van der Waals surface area contributed by atoms with E-state index < -0.39 is 5.97 Å². The van der Waals surface area contributed by atoms with Crippen molar-refractivity contribution in [1.29, 1.82) is 5.26 Å². The van der Waals surface area contributed by atoms with Crippen molar-refractivity contribution >= 4 is 5.97 Å². The van der Waals surface area contributed by atoms with Gasteiger partial charge in [0.25, 0.3) is 0 Å². The van der Waals surface area contributed by atoms with Crippen LogP contribution in [0.4, 0.5) is 0 Å². The molecule has 27 heavy (non-hydrogen) atoms. The van der Waals surface area contributed by atoms with Gasteiger partial charge in [0.05, 0.1) is 19.8 Å². The lowest BCUT2D eigenvalue weighted by Gasteiger charge is -2.10. The van der Waals surface area contributed by atoms with Gasteiger partial charge in [-0.3, -0.25) is 0 Å². The van der Waals surface area contributed by atoms with Crippen molar-refractivity contribution in [3.8, 4) is 40.1 Å². The second-order valence-corrected chi connectivity index (χ2v) is 5.68. The molecule has 0 radical (unpaired) electrons. The summed E-state index contributed by atoms with van der Waals surface area (Å²) >= 11 is 0. The molecule has 0 aliphatic heterocycles. The fourth-order valence-corrected chi connectivity index (χ4v) is 2.79. The molecule has 0 amide bonds. The van der Waals surface area contributed by atoms with Crippen LogP contribution in [0.2, 0.25) is 0 Å². The number of hydrogen-bond donors (Lipinski definition) is 2. The summed E-state index contributed by atoms with van der Waals surface area (Å²) in [4.78, 5) is 11.0. The van der Waals surface area contributed by atoms with Crippen molar-refractivity contribution in [2.45, 2.75) is 0 Å². The average Bonchev–Trinajstić information content (AvgIpc) is 3.11. The van der Waals surface area contributed by atoms with Gasteiger partial charge in [0.15, 0.2) is 0 Å². The van der Waals surface area contributed by atoms with Crippen LogP contribution in [-0.2, 0) is 0 Å². The third-order valence-electron chi connectivity index (χ3n) is 4.16. The molecule has 3 aromatic rings. The lowest BCUT2D eigenvalue weighted by molar-refractivity contribution is 0.0693. The van der Waals surface area contributed by atoms with Gasteiger partial charge in [-0.15, -0.1) is 0 Å². The molecule has 7 nitrogen and oxygen atoms in total. The molecule has 1 heterocycles. The van der Waals surface area contributed by atoms with Gasteiger partial charge in [0.1, 0.15) is 28.9 Å². The minimum absolute atomic E-state index is 0.191. The maximum atomic E-state index is 11.0. The first-order valence-electron chi connectivity index (χ1n) is 7.89. The van der Waals surface area contributed by atoms with Gasteiger partial charge < -0.3 is 24.3 Å². The molecular weight excluding hydrogens is 348 g/mol. The molecule has 0 saturated carbocycles. The molecule has 1 aromatic heterocycles. The van der Waals surface area contributed by atoms with Crippen LogP contribution in [0.3, 0.4) is 0 Å². The zero-order chi connectivity index (χ0) is 19.6. The Morgan fingerprint density at radius 3 is 2.44 bits per heavy atom. The second-order valence-electron chi connectivity index (χ2n) is 5.68. The third-order valence-corrected chi connectivity index (χ3v) is 4.16. The van der Waals surface area contributed by atoms with E-state index in [2.05, 4.69) is 6.07 Å². The number of hydrogen-bond acceptors (Lipinski definition) is 5. The van der Waals surface area contributed by atoms with E-state index in [-0.39, 0.29) is 11.3 Å². The number of rotatable bonds is 5. The first-order chi connectivity index (χ1) is 13.0. The van der Waals surface area contributed by atoms with Crippen molar-refractivity contribution in [1.82, 2.24) is 4.57 Å². The van der Waals surface area contributed by atoms with E-state index in [4.69, 9.17) is 14.6 Å². The summed E-state index contributed by atoms with van der Waals surface area (Å²) in [5, 5.41) is 28.5. The molecule has 0 fully saturated rings. The number of methoxy groups -OCH3 is 2. The summed E-state index contributed by atoms with van der Waals surface area (Å²) in [6.07, 6.45) is 3.33. The number of benzene rings is 2. The maximum Gasteiger partial charge on any atom is 0.339 e. The van der Waals surface area contributed by atoms with Crippen molar-refractivity contribution < 1.29 is 24.5 Å². The number of ether oxygens (including phenoxy) is 2. The average molecular weight is 364 g/mol. The highest BCUT2D eigenvalue weighted by Crippen LogP contribution is 2.36. The van der Waals surface area contributed by atoms with E-state index in [1.165, 1.54) is 19.2 Å². The largest absolute Gasteiger partial charge is 0.507 e. The van der Waals surface area contributed by atoms with Crippen LogP contribution in [0, 0.1) is 11.3 Å². The molecule has 0 bridgehead atoms. The number of phenols is 1. The zero-order valence-corrected chi connectivity index (χ0v) is 14.6. The molecule has 2 N–H and O–H groups in total. The highest BCUT2D eigenvalue weighted by Gasteiger charge is 2.16. The Morgan fingerprint density at radius 2 is 1.85 bits per heavy atom. The van der Waals surface area contributed by atoms with Gasteiger partial charge in [-0.1, -0.05) is 0 Å². The van der Waals surface area contributed by atoms with E-state index in [1.807, 2.05) is 0 Å². The number of carboxylic acid groups (broad SMARTS) is 1. The van der Waals surface area contributed by atoms with E-state index in [9.17, 15) is 15.2 Å². The molecule has 136 valence electrons. The first kappa shape index (κ1) is 17.9. The zero-order valence-electron chi connectivity index (χ0n) is 14.6. The molecule has 7 heteroatoms. The molecule has 0 atom stereocenters. The molecular formula is C20H16N2O5. The van der Waals surface area contributed by atoms with Gasteiger partial charge in [0.2, 0.25) is 0 Å². The number of nitriles is 1. The fraction of sp³-hybridized carbons (Fsp3) is 0.100. The smallest absolute Gasteiger partial charge is 0.339 e. The molecule has 2 aromatic carbocycles. The Balaban J connectivity index is 2.11. The molecule has 3 rings (SSSR count). The lowest BCUT2D eigenvalue weighted by atomic mass is 10.0. The van der Waals surface area contributed by atoms with E-state index >= 15 is 0 Å². The molecule has 0 aliphatic carbocycles. The Labute approximate surface area is 155 Å². The highest BCUT2D eigenvalue weighted by atomic mass is 16.5. The minimum Gasteiger partial charge on any atom is -0.507 e. The summed E-state index contributed by atoms with van der Waals surface area (Å²) in [6, 6.07) is 11.6. The Morgan fingerprint density at radius 1 is 1.07 bits per heavy atom. The quantitative estimate of drug-likeness (QED) is 0.719. The number of nitrogens with zero attached hydrogens (tertiary/aromatic N) is 2. The second kappa shape index (κ2) is 7.14. The van der Waals surface area contributed by atoms with Gasteiger partial charge in [-0.25, -0.2) is 4.79 Å². The number of carbonyl (C=O) groups is 1. The lowest BCUT2D eigenvalue weighted by Crippen LogP contribution is -1.98. The van der Waals surface area contributed by atoms with Gasteiger partial charge >= 0.3 is 5.97 Å². The number of aromatic nitrogens is 1. The first-order valence-corrected chi connectivity index (χ1v) is 7.89. The van der Waals surface area contributed by atoms with Crippen molar-refractivity contribution in [3.05, 3.63) is 59.9 Å². The Kier molecular flexibility index (Phi) is 4.73. The highest BCUT2D eigenvalue weighted by molar-refractivity contribution is 5.91. The van der Waals surface area contributed by atoms with Crippen LogP contribution in [0.5, 0.6) is 17.2 Å². The van der Waals surface area contributed by atoms with Crippen LogP contribution in [-0.4, -0.2) is 35.0 Å². The number of aromatic carboxylic acids is 1. The number of aromatic hydroxyl groups is 1. The van der Waals surface area contributed by atoms with Crippen LogP contribution in [0.25, 0.3) is 16.8 Å². The summed E-state index contributed by atoms with van der Waals surface area (Å²) in [6.45, 7) is 0.